The molecule has 0 spiro atoms. The summed E-state index contributed by atoms with van der Waals surface area (Å²) in [7, 11) is 0. The van der Waals surface area contributed by atoms with Gasteiger partial charge in [-0.1, -0.05) is 38.1 Å². The molecular weight excluding hydrogens is 240 g/mol. The van der Waals surface area contributed by atoms with Crippen LogP contribution in [-0.4, -0.2) is 17.7 Å². The van der Waals surface area contributed by atoms with E-state index in [4.69, 9.17) is 4.74 Å². The molecule has 2 atom stereocenters. The van der Waals surface area contributed by atoms with E-state index >= 15 is 0 Å². The first-order valence-corrected chi connectivity index (χ1v) is 7.01. The zero-order chi connectivity index (χ0) is 13.8. The molecule has 1 fully saturated rings. The van der Waals surface area contributed by atoms with Gasteiger partial charge in [-0.05, 0) is 36.3 Å². The third kappa shape index (κ3) is 3.57. The Balaban J connectivity index is 2.13. The highest BCUT2D eigenvalue weighted by molar-refractivity contribution is 5.71. The summed E-state index contributed by atoms with van der Waals surface area (Å²) in [4.78, 5) is 11.3. The van der Waals surface area contributed by atoms with Crippen LogP contribution >= 0.6 is 0 Å². The van der Waals surface area contributed by atoms with Crippen LogP contribution in [0.4, 0.5) is 0 Å². The highest BCUT2D eigenvalue weighted by Gasteiger charge is 2.32. The second-order valence-corrected chi connectivity index (χ2v) is 5.72. The van der Waals surface area contributed by atoms with Crippen LogP contribution in [0.1, 0.15) is 43.9 Å². The number of benzene rings is 1. The van der Waals surface area contributed by atoms with Crippen molar-refractivity contribution in [3.63, 3.8) is 0 Å². The number of carboxylic acid groups (broad SMARTS) is 1. The van der Waals surface area contributed by atoms with E-state index in [0.29, 0.717) is 18.9 Å². The summed E-state index contributed by atoms with van der Waals surface area (Å²) >= 11 is 0. The minimum atomic E-state index is -0.754. The molecule has 3 heteroatoms. The highest BCUT2D eigenvalue weighted by Crippen LogP contribution is 2.33. The first-order valence-electron chi connectivity index (χ1n) is 7.01. The first-order chi connectivity index (χ1) is 9.08. The van der Waals surface area contributed by atoms with Crippen molar-refractivity contribution < 1.29 is 14.6 Å². The molecule has 0 bridgehead atoms. The maximum Gasteiger partial charge on any atom is 0.309 e. The predicted octanol–water partition coefficient (Wildman–Crippen LogP) is 3.44. The third-order valence-electron chi connectivity index (χ3n) is 3.59. The molecule has 19 heavy (non-hydrogen) atoms. The third-order valence-corrected chi connectivity index (χ3v) is 3.59. The van der Waals surface area contributed by atoms with Gasteiger partial charge < -0.3 is 9.84 Å². The molecular formula is C16H22O3. The fourth-order valence-corrected chi connectivity index (χ4v) is 2.68. The molecule has 1 aliphatic rings. The van der Waals surface area contributed by atoms with Crippen LogP contribution in [-0.2, 0) is 16.0 Å². The van der Waals surface area contributed by atoms with E-state index in [1.165, 1.54) is 5.56 Å². The Labute approximate surface area is 114 Å². The smallest absolute Gasteiger partial charge is 0.309 e. The standard InChI is InChI=1S/C16H22O3/c1-11(2)10-12-5-7-13(8-6-12)15-14(16(17)18)4-3-9-19-15/h5-8,11,14-15H,3-4,9-10H2,1-2H3,(H,17,18). The molecule has 0 radical (unpaired) electrons. The van der Waals surface area contributed by atoms with E-state index in [-0.39, 0.29) is 6.10 Å². The molecule has 0 saturated carbocycles. The fourth-order valence-electron chi connectivity index (χ4n) is 2.68. The van der Waals surface area contributed by atoms with Crippen molar-refractivity contribution in [1.82, 2.24) is 0 Å². The van der Waals surface area contributed by atoms with Gasteiger partial charge in [0.25, 0.3) is 0 Å². The van der Waals surface area contributed by atoms with Gasteiger partial charge in [-0.2, -0.15) is 0 Å². The van der Waals surface area contributed by atoms with Crippen LogP contribution in [0.5, 0.6) is 0 Å². The lowest BCUT2D eigenvalue weighted by atomic mass is 9.89. The lowest BCUT2D eigenvalue weighted by Crippen LogP contribution is -2.28. The van der Waals surface area contributed by atoms with Crippen LogP contribution in [0.15, 0.2) is 24.3 Å². The summed E-state index contributed by atoms with van der Waals surface area (Å²) in [5.74, 6) is -0.538. The Morgan fingerprint density at radius 2 is 2.05 bits per heavy atom. The van der Waals surface area contributed by atoms with E-state index in [1.54, 1.807) is 0 Å². The number of carboxylic acids is 1. The molecule has 1 saturated heterocycles. The SMILES string of the molecule is CC(C)Cc1ccc(C2OCCCC2C(=O)O)cc1. The summed E-state index contributed by atoms with van der Waals surface area (Å²) < 4.78 is 5.68. The summed E-state index contributed by atoms with van der Waals surface area (Å²) in [5, 5.41) is 9.26. The molecule has 2 unspecified atom stereocenters. The average molecular weight is 262 g/mol. The molecule has 1 heterocycles. The lowest BCUT2D eigenvalue weighted by Gasteiger charge is -2.29. The van der Waals surface area contributed by atoms with Crippen molar-refractivity contribution in [1.29, 1.82) is 0 Å². The van der Waals surface area contributed by atoms with Crippen molar-refractivity contribution in [3.05, 3.63) is 35.4 Å². The molecule has 104 valence electrons. The van der Waals surface area contributed by atoms with Gasteiger partial charge in [-0.15, -0.1) is 0 Å². The molecule has 1 aliphatic heterocycles. The topological polar surface area (TPSA) is 46.5 Å². The van der Waals surface area contributed by atoms with Crippen LogP contribution in [0.2, 0.25) is 0 Å². The molecule has 1 aromatic carbocycles. The fraction of sp³-hybridized carbons (Fsp3) is 0.562. The number of rotatable bonds is 4. The van der Waals surface area contributed by atoms with E-state index < -0.39 is 11.9 Å². The van der Waals surface area contributed by atoms with Crippen LogP contribution in [0.25, 0.3) is 0 Å². The Morgan fingerprint density at radius 1 is 1.37 bits per heavy atom. The molecule has 2 rings (SSSR count). The zero-order valence-corrected chi connectivity index (χ0v) is 11.6. The zero-order valence-electron chi connectivity index (χ0n) is 11.6. The van der Waals surface area contributed by atoms with Crippen molar-refractivity contribution in [2.45, 2.75) is 39.2 Å². The van der Waals surface area contributed by atoms with Crippen molar-refractivity contribution >= 4 is 5.97 Å². The minimum Gasteiger partial charge on any atom is -0.481 e. The minimum absolute atomic E-state index is 0.292. The average Bonchev–Trinajstić information content (AvgIpc) is 2.39. The normalized spacial score (nSPS) is 23.5. The van der Waals surface area contributed by atoms with Gasteiger partial charge in [0.1, 0.15) is 0 Å². The van der Waals surface area contributed by atoms with Crippen molar-refractivity contribution in [2.24, 2.45) is 11.8 Å². The summed E-state index contributed by atoms with van der Waals surface area (Å²) in [6, 6.07) is 8.21. The summed E-state index contributed by atoms with van der Waals surface area (Å²) in [6.07, 6.45) is 2.29. The maximum absolute atomic E-state index is 11.3. The van der Waals surface area contributed by atoms with E-state index in [9.17, 15) is 9.90 Å². The monoisotopic (exact) mass is 262 g/mol. The Bertz CT molecular complexity index is 422. The number of hydrogen-bond donors (Lipinski definition) is 1. The van der Waals surface area contributed by atoms with Gasteiger partial charge >= 0.3 is 5.97 Å². The Kier molecular flexibility index (Phi) is 4.59. The molecule has 0 aromatic heterocycles. The largest absolute Gasteiger partial charge is 0.481 e. The Morgan fingerprint density at radius 3 is 2.63 bits per heavy atom. The summed E-state index contributed by atoms with van der Waals surface area (Å²) in [5.41, 5.74) is 2.28. The van der Waals surface area contributed by atoms with Crippen LogP contribution in [0.3, 0.4) is 0 Å². The number of aliphatic carboxylic acids is 1. The van der Waals surface area contributed by atoms with E-state index in [1.807, 2.05) is 12.1 Å². The summed E-state index contributed by atoms with van der Waals surface area (Å²) in [6.45, 7) is 5.04. The van der Waals surface area contributed by atoms with Gasteiger partial charge in [-0.25, -0.2) is 0 Å². The van der Waals surface area contributed by atoms with Gasteiger partial charge in [0.15, 0.2) is 0 Å². The van der Waals surface area contributed by atoms with E-state index in [2.05, 4.69) is 26.0 Å². The molecule has 0 aliphatic carbocycles. The van der Waals surface area contributed by atoms with Crippen molar-refractivity contribution in [3.8, 4) is 0 Å². The lowest BCUT2D eigenvalue weighted by molar-refractivity contribution is -0.151. The highest BCUT2D eigenvalue weighted by atomic mass is 16.5. The maximum atomic E-state index is 11.3. The van der Waals surface area contributed by atoms with Crippen LogP contribution in [0, 0.1) is 11.8 Å². The molecule has 3 nitrogen and oxygen atoms in total. The van der Waals surface area contributed by atoms with Gasteiger partial charge in [0, 0.05) is 6.61 Å². The molecule has 1 aromatic rings. The second kappa shape index (κ2) is 6.20. The molecule has 0 amide bonds. The van der Waals surface area contributed by atoms with Crippen molar-refractivity contribution in [2.75, 3.05) is 6.61 Å². The second-order valence-electron chi connectivity index (χ2n) is 5.72. The quantitative estimate of drug-likeness (QED) is 0.904. The first kappa shape index (κ1) is 14.1. The van der Waals surface area contributed by atoms with Gasteiger partial charge in [0.2, 0.25) is 0 Å². The molecule has 1 N–H and O–H groups in total. The van der Waals surface area contributed by atoms with Crippen LogP contribution < -0.4 is 0 Å². The van der Waals surface area contributed by atoms with E-state index in [0.717, 1.165) is 18.4 Å². The predicted molar refractivity (Wildman–Crippen MR) is 74.0 cm³/mol. The van der Waals surface area contributed by atoms with Gasteiger partial charge in [0.05, 0.1) is 12.0 Å². The number of ether oxygens (including phenoxy) is 1. The number of carbonyl (C=O) groups is 1. The number of hydrogen-bond acceptors (Lipinski definition) is 2. The Hall–Kier alpha value is -1.35. The van der Waals surface area contributed by atoms with Gasteiger partial charge in [-0.3, -0.25) is 4.79 Å².